The number of carbonyl (C=O) groups is 3. The SMILES string of the molecule is Cc1ccc(N2C(=O)N(CN3CCN(CC(=O)NC(C)(C)C)CC3)C(=O)[C@@H]2C)cc1. The molecule has 30 heavy (non-hydrogen) atoms. The van der Waals surface area contributed by atoms with Gasteiger partial charge in [-0.1, -0.05) is 17.7 Å². The highest BCUT2D eigenvalue weighted by Crippen LogP contribution is 2.26. The van der Waals surface area contributed by atoms with Crippen LogP contribution in [0.3, 0.4) is 0 Å². The van der Waals surface area contributed by atoms with Crippen molar-refractivity contribution >= 4 is 23.5 Å². The summed E-state index contributed by atoms with van der Waals surface area (Å²) < 4.78 is 0. The lowest BCUT2D eigenvalue weighted by Gasteiger charge is -2.36. The van der Waals surface area contributed by atoms with Crippen LogP contribution in [0.15, 0.2) is 24.3 Å². The van der Waals surface area contributed by atoms with Gasteiger partial charge < -0.3 is 5.32 Å². The minimum Gasteiger partial charge on any atom is -0.350 e. The molecule has 8 nitrogen and oxygen atoms in total. The summed E-state index contributed by atoms with van der Waals surface area (Å²) in [6, 6.07) is 6.85. The second-order valence-corrected chi connectivity index (χ2v) is 9.26. The third-order valence-electron chi connectivity index (χ3n) is 5.45. The molecule has 0 radical (unpaired) electrons. The highest BCUT2D eigenvalue weighted by atomic mass is 16.2. The summed E-state index contributed by atoms with van der Waals surface area (Å²) in [4.78, 5) is 45.0. The summed E-state index contributed by atoms with van der Waals surface area (Å²) in [6.07, 6.45) is 0. The highest BCUT2D eigenvalue weighted by Gasteiger charge is 2.44. The quantitative estimate of drug-likeness (QED) is 0.740. The summed E-state index contributed by atoms with van der Waals surface area (Å²) in [5.74, 6) is -0.157. The van der Waals surface area contributed by atoms with E-state index in [9.17, 15) is 14.4 Å². The molecule has 3 rings (SSSR count). The normalized spacial score (nSPS) is 21.4. The maximum Gasteiger partial charge on any atom is 0.333 e. The number of anilines is 1. The van der Waals surface area contributed by atoms with Gasteiger partial charge in [0.1, 0.15) is 6.04 Å². The third kappa shape index (κ3) is 5.17. The molecule has 0 unspecified atom stereocenters. The molecule has 0 saturated carbocycles. The van der Waals surface area contributed by atoms with E-state index in [-0.39, 0.29) is 30.1 Å². The Kier molecular flexibility index (Phi) is 6.47. The van der Waals surface area contributed by atoms with Gasteiger partial charge in [0.15, 0.2) is 0 Å². The number of carbonyl (C=O) groups excluding carboxylic acids is 3. The molecule has 2 fully saturated rings. The van der Waals surface area contributed by atoms with Crippen molar-refractivity contribution < 1.29 is 14.4 Å². The fraction of sp³-hybridized carbons (Fsp3) is 0.591. The van der Waals surface area contributed by atoms with E-state index in [0.29, 0.717) is 19.6 Å². The molecule has 164 valence electrons. The number of amides is 4. The van der Waals surface area contributed by atoms with Crippen LogP contribution < -0.4 is 10.2 Å². The van der Waals surface area contributed by atoms with Gasteiger partial charge >= 0.3 is 6.03 Å². The van der Waals surface area contributed by atoms with Gasteiger partial charge in [-0.3, -0.25) is 24.3 Å². The van der Waals surface area contributed by atoms with Gasteiger partial charge in [0.25, 0.3) is 5.91 Å². The van der Waals surface area contributed by atoms with E-state index in [1.807, 2.05) is 52.0 Å². The summed E-state index contributed by atoms with van der Waals surface area (Å²) in [5, 5.41) is 2.98. The van der Waals surface area contributed by atoms with Crippen molar-refractivity contribution in [1.29, 1.82) is 0 Å². The standard InChI is InChI=1S/C22H33N5O3/c1-16-6-8-18(9-7-16)27-17(2)20(29)26(21(27)30)15-25-12-10-24(11-13-25)14-19(28)23-22(3,4)5/h6-9,17H,10-15H2,1-5H3,(H,23,28)/t17-/m0/s1. The molecule has 1 atom stereocenters. The number of nitrogens with one attached hydrogen (secondary N) is 1. The number of aryl methyl sites for hydroxylation is 1. The van der Waals surface area contributed by atoms with Crippen molar-refractivity contribution in [2.24, 2.45) is 0 Å². The molecule has 2 saturated heterocycles. The van der Waals surface area contributed by atoms with Crippen LogP contribution in [0.25, 0.3) is 0 Å². The van der Waals surface area contributed by atoms with Crippen molar-refractivity contribution in [2.75, 3.05) is 44.3 Å². The monoisotopic (exact) mass is 415 g/mol. The first-order chi connectivity index (χ1) is 14.0. The van der Waals surface area contributed by atoms with E-state index in [2.05, 4.69) is 15.1 Å². The van der Waals surface area contributed by atoms with E-state index < -0.39 is 6.04 Å². The first-order valence-electron chi connectivity index (χ1n) is 10.5. The maximum atomic E-state index is 13.0. The molecule has 0 spiro atoms. The topological polar surface area (TPSA) is 76.2 Å². The van der Waals surface area contributed by atoms with Crippen LogP contribution in [0, 0.1) is 6.92 Å². The van der Waals surface area contributed by atoms with Gasteiger partial charge in [0.2, 0.25) is 5.91 Å². The Bertz CT molecular complexity index is 794. The second kappa shape index (κ2) is 8.73. The Morgan fingerprint density at radius 1 is 1.03 bits per heavy atom. The second-order valence-electron chi connectivity index (χ2n) is 9.26. The van der Waals surface area contributed by atoms with E-state index in [4.69, 9.17) is 0 Å². The average Bonchev–Trinajstić information content (AvgIpc) is 2.86. The highest BCUT2D eigenvalue weighted by molar-refractivity contribution is 6.14. The van der Waals surface area contributed by atoms with Gasteiger partial charge in [-0.05, 0) is 46.8 Å². The zero-order valence-electron chi connectivity index (χ0n) is 18.6. The van der Waals surface area contributed by atoms with Crippen LogP contribution in [0.4, 0.5) is 10.5 Å². The van der Waals surface area contributed by atoms with Crippen LogP contribution in [0.1, 0.15) is 33.3 Å². The van der Waals surface area contributed by atoms with E-state index in [1.54, 1.807) is 11.8 Å². The number of piperazine rings is 1. The summed E-state index contributed by atoms with van der Waals surface area (Å²) >= 11 is 0. The van der Waals surface area contributed by atoms with Crippen LogP contribution in [-0.2, 0) is 9.59 Å². The Balaban J connectivity index is 1.54. The summed E-state index contributed by atoms with van der Waals surface area (Å²) in [6.45, 7) is 13.2. The molecule has 1 aromatic carbocycles. The number of nitrogens with zero attached hydrogens (tertiary/aromatic N) is 4. The lowest BCUT2D eigenvalue weighted by molar-refractivity contribution is -0.128. The molecule has 0 aliphatic carbocycles. The Morgan fingerprint density at radius 2 is 1.60 bits per heavy atom. The van der Waals surface area contributed by atoms with E-state index in [0.717, 1.165) is 24.3 Å². The molecule has 1 aromatic rings. The molecule has 8 heteroatoms. The third-order valence-corrected chi connectivity index (χ3v) is 5.45. The molecule has 2 heterocycles. The fourth-order valence-corrected chi connectivity index (χ4v) is 3.85. The van der Waals surface area contributed by atoms with Crippen LogP contribution in [-0.4, -0.2) is 83.5 Å². The van der Waals surface area contributed by atoms with Crippen molar-refractivity contribution in [3.8, 4) is 0 Å². The predicted molar refractivity (Wildman–Crippen MR) is 116 cm³/mol. The molecular formula is C22H33N5O3. The first kappa shape index (κ1) is 22.2. The van der Waals surface area contributed by atoms with Crippen LogP contribution in [0.2, 0.25) is 0 Å². The summed E-state index contributed by atoms with van der Waals surface area (Å²) in [7, 11) is 0. The molecule has 1 N–H and O–H groups in total. The van der Waals surface area contributed by atoms with E-state index in [1.165, 1.54) is 4.90 Å². The van der Waals surface area contributed by atoms with Gasteiger partial charge in [-0.25, -0.2) is 9.69 Å². The van der Waals surface area contributed by atoms with E-state index >= 15 is 0 Å². The zero-order chi connectivity index (χ0) is 22.1. The maximum absolute atomic E-state index is 13.0. The molecular weight excluding hydrogens is 382 g/mol. The first-order valence-corrected chi connectivity index (χ1v) is 10.5. The van der Waals surface area contributed by atoms with Crippen molar-refractivity contribution in [3.63, 3.8) is 0 Å². The number of benzene rings is 1. The molecule has 0 bridgehead atoms. The largest absolute Gasteiger partial charge is 0.350 e. The number of urea groups is 1. The van der Waals surface area contributed by atoms with Crippen LogP contribution in [0.5, 0.6) is 0 Å². The molecule has 2 aliphatic rings. The number of imide groups is 1. The molecule has 4 amide bonds. The minimum atomic E-state index is -0.511. The lowest BCUT2D eigenvalue weighted by Crippen LogP contribution is -2.54. The van der Waals surface area contributed by atoms with Gasteiger partial charge in [0, 0.05) is 37.4 Å². The lowest BCUT2D eigenvalue weighted by atomic mass is 10.1. The fourth-order valence-electron chi connectivity index (χ4n) is 3.85. The average molecular weight is 416 g/mol. The Labute approximate surface area is 178 Å². The summed E-state index contributed by atoms with van der Waals surface area (Å²) in [5.41, 5.74) is 1.61. The molecule has 0 aromatic heterocycles. The zero-order valence-corrected chi connectivity index (χ0v) is 18.6. The van der Waals surface area contributed by atoms with Crippen molar-refractivity contribution in [1.82, 2.24) is 20.0 Å². The van der Waals surface area contributed by atoms with Crippen molar-refractivity contribution in [3.05, 3.63) is 29.8 Å². The number of hydrogen-bond donors (Lipinski definition) is 1. The van der Waals surface area contributed by atoms with Gasteiger partial charge in [-0.2, -0.15) is 0 Å². The predicted octanol–water partition coefficient (Wildman–Crippen LogP) is 1.64. The van der Waals surface area contributed by atoms with Crippen molar-refractivity contribution in [2.45, 2.75) is 46.2 Å². The van der Waals surface area contributed by atoms with Gasteiger partial charge in [-0.15, -0.1) is 0 Å². The number of hydrogen-bond acceptors (Lipinski definition) is 5. The van der Waals surface area contributed by atoms with Gasteiger partial charge in [0.05, 0.1) is 13.2 Å². The van der Waals surface area contributed by atoms with Crippen LogP contribution >= 0.6 is 0 Å². The minimum absolute atomic E-state index is 0.0170. The smallest absolute Gasteiger partial charge is 0.333 e. The molecule has 2 aliphatic heterocycles. The number of rotatable bonds is 5. The Morgan fingerprint density at radius 3 is 2.17 bits per heavy atom. The Hall–Kier alpha value is -2.45.